The van der Waals surface area contributed by atoms with Crippen molar-refractivity contribution in [2.75, 3.05) is 13.2 Å². The van der Waals surface area contributed by atoms with Crippen LogP contribution < -0.4 is 15.4 Å². The van der Waals surface area contributed by atoms with Gasteiger partial charge < -0.3 is 14.8 Å². The molecule has 0 aliphatic rings. The number of para-hydroxylation sites is 1. The van der Waals surface area contributed by atoms with Crippen molar-refractivity contribution in [3.8, 4) is 5.75 Å². The Kier molecular flexibility index (Phi) is 7.59. The van der Waals surface area contributed by atoms with E-state index < -0.39 is 24.5 Å². The summed E-state index contributed by atoms with van der Waals surface area (Å²) in [5.74, 6) is -0.817. The van der Waals surface area contributed by atoms with Crippen LogP contribution in [0.25, 0.3) is 0 Å². The number of aryl methyl sites for hydroxylation is 1. The summed E-state index contributed by atoms with van der Waals surface area (Å²) in [5, 5.41) is 4.64. The lowest BCUT2D eigenvalue weighted by molar-refractivity contribution is -0.150. The van der Waals surface area contributed by atoms with Crippen molar-refractivity contribution in [2.24, 2.45) is 0 Å². The van der Waals surface area contributed by atoms with Gasteiger partial charge >= 0.3 is 12.0 Å². The van der Waals surface area contributed by atoms with E-state index in [1.807, 2.05) is 32.9 Å². The first-order valence-corrected chi connectivity index (χ1v) is 7.36. The standard InChI is InChI=1S/C16H22N2O5/c1-4-12(3)17-16(21)18-14(19)9-23-15(20)10-22-13-8-6-5-7-11(13)2/h5-8,12H,4,9-10H2,1-3H3,(H2,17,18,19,21)/t12-/m0/s1. The van der Waals surface area contributed by atoms with E-state index in [2.05, 4.69) is 10.6 Å². The fraction of sp³-hybridized carbons (Fsp3) is 0.438. The van der Waals surface area contributed by atoms with Gasteiger partial charge in [0, 0.05) is 6.04 Å². The molecule has 1 aromatic carbocycles. The van der Waals surface area contributed by atoms with E-state index in [0.29, 0.717) is 5.75 Å². The highest BCUT2D eigenvalue weighted by Crippen LogP contribution is 2.15. The molecule has 0 saturated heterocycles. The molecule has 0 heterocycles. The Morgan fingerprint density at radius 2 is 1.87 bits per heavy atom. The molecule has 2 N–H and O–H groups in total. The van der Waals surface area contributed by atoms with Gasteiger partial charge in [0.05, 0.1) is 0 Å². The minimum absolute atomic E-state index is 0.0483. The quantitative estimate of drug-likeness (QED) is 0.743. The number of carbonyl (C=O) groups is 3. The lowest BCUT2D eigenvalue weighted by atomic mass is 10.2. The summed E-state index contributed by atoms with van der Waals surface area (Å²) in [4.78, 5) is 34.4. The van der Waals surface area contributed by atoms with Crippen LogP contribution in [0.3, 0.4) is 0 Å². The van der Waals surface area contributed by atoms with Gasteiger partial charge in [-0.2, -0.15) is 0 Å². The first kappa shape index (κ1) is 18.5. The molecule has 126 valence electrons. The topological polar surface area (TPSA) is 93.7 Å². The maximum Gasteiger partial charge on any atom is 0.344 e. The number of hydrogen-bond acceptors (Lipinski definition) is 5. The lowest BCUT2D eigenvalue weighted by Crippen LogP contribution is -2.44. The number of hydrogen-bond donors (Lipinski definition) is 2. The van der Waals surface area contributed by atoms with Gasteiger partial charge in [0.1, 0.15) is 5.75 Å². The number of nitrogens with one attached hydrogen (secondary N) is 2. The Bertz CT molecular complexity index is 559. The van der Waals surface area contributed by atoms with E-state index in [1.165, 1.54) is 0 Å². The van der Waals surface area contributed by atoms with Crippen LogP contribution in [0.1, 0.15) is 25.8 Å². The molecule has 0 aliphatic carbocycles. The van der Waals surface area contributed by atoms with E-state index in [9.17, 15) is 14.4 Å². The number of carbonyl (C=O) groups excluding carboxylic acids is 3. The fourth-order valence-electron chi connectivity index (χ4n) is 1.57. The van der Waals surface area contributed by atoms with Crippen molar-refractivity contribution in [3.63, 3.8) is 0 Å². The monoisotopic (exact) mass is 322 g/mol. The Balaban J connectivity index is 2.26. The highest BCUT2D eigenvalue weighted by molar-refractivity contribution is 5.95. The summed E-state index contributed by atoms with van der Waals surface area (Å²) >= 11 is 0. The summed E-state index contributed by atoms with van der Waals surface area (Å²) in [6, 6.07) is 6.56. The van der Waals surface area contributed by atoms with Crippen LogP contribution in [0.5, 0.6) is 5.75 Å². The molecule has 23 heavy (non-hydrogen) atoms. The van der Waals surface area contributed by atoms with E-state index >= 15 is 0 Å². The summed E-state index contributed by atoms with van der Waals surface area (Å²) in [6.07, 6.45) is 0.743. The van der Waals surface area contributed by atoms with E-state index in [1.54, 1.807) is 12.1 Å². The molecular weight excluding hydrogens is 300 g/mol. The van der Waals surface area contributed by atoms with Crippen LogP contribution in [0.2, 0.25) is 0 Å². The molecule has 0 bridgehead atoms. The van der Waals surface area contributed by atoms with Crippen LogP contribution in [0.4, 0.5) is 4.79 Å². The third-order valence-corrected chi connectivity index (χ3v) is 3.05. The predicted molar refractivity (Wildman–Crippen MR) is 84.1 cm³/mol. The van der Waals surface area contributed by atoms with Crippen LogP contribution in [-0.2, 0) is 14.3 Å². The van der Waals surface area contributed by atoms with Gasteiger partial charge in [-0.1, -0.05) is 25.1 Å². The van der Waals surface area contributed by atoms with Crippen molar-refractivity contribution in [3.05, 3.63) is 29.8 Å². The molecule has 1 rings (SSSR count). The van der Waals surface area contributed by atoms with Crippen LogP contribution in [0, 0.1) is 6.92 Å². The van der Waals surface area contributed by atoms with Gasteiger partial charge in [-0.05, 0) is 31.9 Å². The average molecular weight is 322 g/mol. The predicted octanol–water partition coefficient (Wildman–Crippen LogP) is 1.54. The SMILES string of the molecule is CC[C@H](C)NC(=O)NC(=O)COC(=O)COc1ccccc1C. The van der Waals surface area contributed by atoms with Crippen molar-refractivity contribution in [2.45, 2.75) is 33.2 Å². The highest BCUT2D eigenvalue weighted by atomic mass is 16.6. The number of amides is 3. The second-order valence-electron chi connectivity index (χ2n) is 5.05. The Morgan fingerprint density at radius 3 is 2.52 bits per heavy atom. The first-order valence-electron chi connectivity index (χ1n) is 7.36. The maximum absolute atomic E-state index is 11.5. The smallest absolute Gasteiger partial charge is 0.344 e. The number of urea groups is 1. The van der Waals surface area contributed by atoms with E-state index in [4.69, 9.17) is 9.47 Å². The zero-order chi connectivity index (χ0) is 17.2. The number of esters is 1. The first-order chi connectivity index (χ1) is 10.9. The third-order valence-electron chi connectivity index (χ3n) is 3.05. The molecule has 0 saturated carbocycles. The molecule has 3 amide bonds. The van der Waals surface area contributed by atoms with Crippen molar-refractivity contribution in [1.82, 2.24) is 10.6 Å². The maximum atomic E-state index is 11.5. The number of imide groups is 1. The highest BCUT2D eigenvalue weighted by Gasteiger charge is 2.12. The Hall–Kier alpha value is -2.57. The normalized spacial score (nSPS) is 11.3. The Labute approximate surface area is 135 Å². The van der Waals surface area contributed by atoms with Crippen molar-refractivity contribution < 1.29 is 23.9 Å². The molecule has 0 fully saturated rings. The summed E-state index contributed by atoms with van der Waals surface area (Å²) in [7, 11) is 0. The van der Waals surface area contributed by atoms with Gasteiger partial charge in [-0.25, -0.2) is 9.59 Å². The van der Waals surface area contributed by atoms with Crippen LogP contribution >= 0.6 is 0 Å². The van der Waals surface area contributed by atoms with Gasteiger partial charge in [0.25, 0.3) is 5.91 Å². The van der Waals surface area contributed by atoms with Crippen molar-refractivity contribution in [1.29, 1.82) is 0 Å². The second-order valence-corrected chi connectivity index (χ2v) is 5.05. The lowest BCUT2D eigenvalue weighted by Gasteiger charge is -2.12. The fourth-order valence-corrected chi connectivity index (χ4v) is 1.57. The molecular formula is C16H22N2O5. The minimum Gasteiger partial charge on any atom is -0.482 e. The zero-order valence-electron chi connectivity index (χ0n) is 13.5. The van der Waals surface area contributed by atoms with Crippen LogP contribution in [0.15, 0.2) is 24.3 Å². The second kappa shape index (κ2) is 9.45. The zero-order valence-corrected chi connectivity index (χ0v) is 13.5. The van der Waals surface area contributed by atoms with E-state index in [0.717, 1.165) is 12.0 Å². The summed E-state index contributed by atoms with van der Waals surface area (Å²) in [6.45, 7) is 4.72. The summed E-state index contributed by atoms with van der Waals surface area (Å²) < 4.78 is 10.0. The van der Waals surface area contributed by atoms with Gasteiger partial charge in [-0.15, -0.1) is 0 Å². The largest absolute Gasteiger partial charge is 0.482 e. The molecule has 0 spiro atoms. The van der Waals surface area contributed by atoms with Gasteiger partial charge in [0.2, 0.25) is 0 Å². The molecule has 1 aromatic rings. The van der Waals surface area contributed by atoms with Crippen LogP contribution in [-0.4, -0.2) is 37.2 Å². The van der Waals surface area contributed by atoms with E-state index in [-0.39, 0.29) is 12.6 Å². The molecule has 7 nitrogen and oxygen atoms in total. The van der Waals surface area contributed by atoms with Gasteiger partial charge in [0.15, 0.2) is 13.2 Å². The number of benzene rings is 1. The molecule has 0 aliphatic heterocycles. The molecule has 0 aromatic heterocycles. The Morgan fingerprint density at radius 1 is 1.17 bits per heavy atom. The average Bonchev–Trinajstić information content (AvgIpc) is 2.51. The minimum atomic E-state index is -0.699. The molecule has 7 heteroatoms. The number of rotatable bonds is 7. The third kappa shape index (κ3) is 7.30. The molecule has 0 unspecified atom stereocenters. The summed E-state index contributed by atoms with van der Waals surface area (Å²) in [5.41, 5.74) is 0.889. The molecule has 1 atom stereocenters. The number of ether oxygens (including phenoxy) is 2. The molecule has 0 radical (unpaired) electrons. The van der Waals surface area contributed by atoms with Gasteiger partial charge in [-0.3, -0.25) is 10.1 Å². The van der Waals surface area contributed by atoms with Crippen molar-refractivity contribution >= 4 is 17.9 Å².